The van der Waals surface area contributed by atoms with Gasteiger partial charge in [0.2, 0.25) is 5.91 Å². The average molecular weight is 302 g/mol. The van der Waals surface area contributed by atoms with Crippen molar-refractivity contribution in [2.24, 2.45) is 0 Å². The number of likely N-dealkylation sites (tertiary alicyclic amines) is 1. The first-order chi connectivity index (χ1) is 10.8. The van der Waals surface area contributed by atoms with E-state index in [2.05, 4.69) is 29.6 Å². The van der Waals surface area contributed by atoms with E-state index < -0.39 is 0 Å². The van der Waals surface area contributed by atoms with Crippen molar-refractivity contribution in [2.75, 3.05) is 26.3 Å². The number of aryl methyl sites for hydroxylation is 1. The lowest BCUT2D eigenvalue weighted by atomic mass is 10.1. The van der Waals surface area contributed by atoms with Gasteiger partial charge in [-0.25, -0.2) is 0 Å². The molecule has 2 saturated heterocycles. The maximum Gasteiger partial charge on any atom is 0.224 e. The second-order valence-electron chi connectivity index (χ2n) is 6.38. The average Bonchev–Trinajstić information content (AvgIpc) is 2.89. The van der Waals surface area contributed by atoms with E-state index in [0.717, 1.165) is 52.0 Å². The molecule has 1 N–H and O–H groups in total. The van der Waals surface area contributed by atoms with Crippen LogP contribution >= 0.6 is 0 Å². The van der Waals surface area contributed by atoms with Gasteiger partial charge in [0.1, 0.15) is 0 Å². The van der Waals surface area contributed by atoms with Gasteiger partial charge >= 0.3 is 0 Å². The number of ether oxygens (including phenoxy) is 1. The van der Waals surface area contributed by atoms with Crippen LogP contribution in [-0.2, 0) is 16.0 Å². The Morgan fingerprint density at radius 3 is 2.68 bits per heavy atom. The minimum Gasteiger partial charge on any atom is -0.381 e. The number of amides is 1. The maximum atomic E-state index is 12.1. The first-order valence-corrected chi connectivity index (χ1v) is 8.47. The second kappa shape index (κ2) is 7.75. The molecule has 22 heavy (non-hydrogen) atoms. The van der Waals surface area contributed by atoms with E-state index in [1.54, 1.807) is 0 Å². The summed E-state index contributed by atoms with van der Waals surface area (Å²) in [5.74, 6) is 0.303. The van der Waals surface area contributed by atoms with Gasteiger partial charge in [0.05, 0.1) is 0 Å². The summed E-state index contributed by atoms with van der Waals surface area (Å²) in [6.45, 7) is 3.43. The molecule has 1 aromatic rings. The summed E-state index contributed by atoms with van der Waals surface area (Å²) in [6.07, 6.45) is 4.88. The van der Waals surface area contributed by atoms with Gasteiger partial charge in [-0.3, -0.25) is 4.79 Å². The van der Waals surface area contributed by atoms with Crippen LogP contribution in [0, 0.1) is 0 Å². The molecule has 0 saturated carbocycles. The first-order valence-electron chi connectivity index (χ1n) is 8.47. The summed E-state index contributed by atoms with van der Waals surface area (Å²) in [5, 5.41) is 3.64. The Labute approximate surface area is 132 Å². The molecule has 3 rings (SSSR count). The van der Waals surface area contributed by atoms with E-state index in [9.17, 15) is 4.79 Å². The van der Waals surface area contributed by atoms with Gasteiger partial charge in [0.25, 0.3) is 0 Å². The van der Waals surface area contributed by atoms with Crippen LogP contribution < -0.4 is 5.32 Å². The number of rotatable bonds is 6. The van der Waals surface area contributed by atoms with E-state index in [0.29, 0.717) is 24.4 Å². The fourth-order valence-corrected chi connectivity index (χ4v) is 3.42. The fraction of sp³-hybridized carbons (Fsp3) is 0.611. The van der Waals surface area contributed by atoms with Crippen molar-refractivity contribution in [1.29, 1.82) is 0 Å². The largest absolute Gasteiger partial charge is 0.381 e. The summed E-state index contributed by atoms with van der Waals surface area (Å²) in [6, 6.07) is 11.3. The number of benzene rings is 1. The number of hydrogen-bond donors (Lipinski definition) is 1. The maximum absolute atomic E-state index is 12.1. The molecule has 0 spiro atoms. The zero-order valence-corrected chi connectivity index (χ0v) is 13.2. The molecule has 120 valence electrons. The lowest BCUT2D eigenvalue weighted by Gasteiger charge is -2.26. The van der Waals surface area contributed by atoms with Crippen molar-refractivity contribution < 1.29 is 9.53 Å². The van der Waals surface area contributed by atoms with E-state index in [1.165, 1.54) is 5.56 Å². The molecule has 2 aliphatic heterocycles. The van der Waals surface area contributed by atoms with Gasteiger partial charge in [-0.1, -0.05) is 30.3 Å². The summed E-state index contributed by atoms with van der Waals surface area (Å²) in [7, 11) is 0. The summed E-state index contributed by atoms with van der Waals surface area (Å²) >= 11 is 0. The van der Waals surface area contributed by atoms with Crippen molar-refractivity contribution in [3.8, 4) is 0 Å². The molecule has 4 nitrogen and oxygen atoms in total. The van der Waals surface area contributed by atoms with Crippen LogP contribution in [0.4, 0.5) is 0 Å². The topological polar surface area (TPSA) is 41.6 Å². The molecule has 4 heteroatoms. The zero-order chi connectivity index (χ0) is 15.2. The number of nitrogens with one attached hydrogen (secondary N) is 1. The Morgan fingerprint density at radius 1 is 1.14 bits per heavy atom. The van der Waals surface area contributed by atoms with E-state index in [4.69, 9.17) is 4.74 Å². The Kier molecular flexibility index (Phi) is 5.46. The third-order valence-electron chi connectivity index (χ3n) is 4.64. The van der Waals surface area contributed by atoms with Crippen molar-refractivity contribution >= 4 is 5.91 Å². The highest BCUT2D eigenvalue weighted by Crippen LogP contribution is 2.16. The molecule has 0 aliphatic carbocycles. The van der Waals surface area contributed by atoms with Crippen LogP contribution in [0.1, 0.15) is 31.2 Å². The van der Waals surface area contributed by atoms with Crippen molar-refractivity contribution in [3.05, 3.63) is 35.9 Å². The van der Waals surface area contributed by atoms with Gasteiger partial charge in [-0.2, -0.15) is 0 Å². The molecule has 1 amide bonds. The summed E-state index contributed by atoms with van der Waals surface area (Å²) < 4.78 is 5.38. The smallest absolute Gasteiger partial charge is 0.224 e. The predicted molar refractivity (Wildman–Crippen MR) is 86.7 cm³/mol. The quantitative estimate of drug-likeness (QED) is 0.874. The molecule has 0 radical (unpaired) electrons. The van der Waals surface area contributed by atoms with Gasteiger partial charge in [0.15, 0.2) is 0 Å². The molecule has 1 atom stereocenters. The number of hydrogen-bond acceptors (Lipinski definition) is 3. The molecule has 2 aliphatic rings. The standard InChI is InChI=1S/C18H26N2O2/c21-18-13-17(19-16-8-11-22-12-9-16)14-20(18)10-4-7-15-5-2-1-3-6-15/h1-3,5-6,16-17,19H,4,7-14H2/t17-/m0/s1. The number of carbonyl (C=O) groups is 1. The van der Waals surface area contributed by atoms with Crippen LogP contribution in [0.2, 0.25) is 0 Å². The van der Waals surface area contributed by atoms with Crippen LogP contribution in [0.15, 0.2) is 30.3 Å². The van der Waals surface area contributed by atoms with E-state index in [1.807, 2.05) is 11.0 Å². The minimum atomic E-state index is 0.303. The zero-order valence-electron chi connectivity index (χ0n) is 13.2. The molecular weight excluding hydrogens is 276 g/mol. The van der Waals surface area contributed by atoms with Gasteiger partial charge in [-0.05, 0) is 31.2 Å². The molecule has 0 bridgehead atoms. The summed E-state index contributed by atoms with van der Waals surface area (Å²) in [4.78, 5) is 14.2. The van der Waals surface area contributed by atoms with Crippen LogP contribution in [0.25, 0.3) is 0 Å². The van der Waals surface area contributed by atoms with Crippen LogP contribution in [0.3, 0.4) is 0 Å². The third-order valence-corrected chi connectivity index (χ3v) is 4.64. The second-order valence-corrected chi connectivity index (χ2v) is 6.38. The van der Waals surface area contributed by atoms with Crippen molar-refractivity contribution in [1.82, 2.24) is 10.2 Å². The molecule has 1 aromatic carbocycles. The van der Waals surface area contributed by atoms with Gasteiger partial charge in [-0.15, -0.1) is 0 Å². The molecule has 0 aromatic heterocycles. The Bertz CT molecular complexity index is 471. The predicted octanol–water partition coefficient (Wildman–Crippen LogP) is 1.99. The van der Waals surface area contributed by atoms with E-state index in [-0.39, 0.29) is 0 Å². The molecular formula is C18H26N2O2. The third kappa shape index (κ3) is 4.31. The first kappa shape index (κ1) is 15.5. The number of carbonyl (C=O) groups excluding carboxylic acids is 1. The highest BCUT2D eigenvalue weighted by molar-refractivity contribution is 5.79. The van der Waals surface area contributed by atoms with E-state index >= 15 is 0 Å². The Hall–Kier alpha value is -1.39. The SMILES string of the molecule is O=C1C[C@H](NC2CCOCC2)CN1CCCc1ccccc1. The normalized spacial score (nSPS) is 23.2. The van der Waals surface area contributed by atoms with Gasteiger partial charge < -0.3 is 15.0 Å². The lowest BCUT2D eigenvalue weighted by molar-refractivity contribution is -0.127. The fourth-order valence-electron chi connectivity index (χ4n) is 3.42. The Morgan fingerprint density at radius 2 is 1.91 bits per heavy atom. The summed E-state index contributed by atoms with van der Waals surface area (Å²) in [5.41, 5.74) is 1.35. The molecule has 2 heterocycles. The highest BCUT2D eigenvalue weighted by Gasteiger charge is 2.30. The van der Waals surface area contributed by atoms with Crippen molar-refractivity contribution in [2.45, 2.75) is 44.2 Å². The van der Waals surface area contributed by atoms with Crippen molar-refractivity contribution in [3.63, 3.8) is 0 Å². The van der Waals surface area contributed by atoms with Gasteiger partial charge in [0, 0.05) is 44.8 Å². The monoisotopic (exact) mass is 302 g/mol. The van der Waals surface area contributed by atoms with Crippen LogP contribution in [0.5, 0.6) is 0 Å². The highest BCUT2D eigenvalue weighted by atomic mass is 16.5. The Balaban J connectivity index is 1.40. The molecule has 2 fully saturated rings. The lowest BCUT2D eigenvalue weighted by Crippen LogP contribution is -2.43. The minimum absolute atomic E-state index is 0.303. The molecule has 0 unspecified atom stereocenters. The number of nitrogens with zero attached hydrogens (tertiary/aromatic N) is 1. The van der Waals surface area contributed by atoms with Crippen LogP contribution in [-0.4, -0.2) is 49.2 Å².